The van der Waals surface area contributed by atoms with Crippen molar-refractivity contribution < 1.29 is 23.8 Å². The number of ether oxygens (including phenoxy) is 3. The molecule has 0 aliphatic carbocycles. The Morgan fingerprint density at radius 1 is 1.16 bits per heavy atom. The Kier molecular flexibility index (Phi) is 6.32. The third-order valence-electron chi connectivity index (χ3n) is 4.89. The van der Waals surface area contributed by atoms with E-state index in [1.165, 1.54) is 7.11 Å². The van der Waals surface area contributed by atoms with Crippen LogP contribution in [0.4, 0.5) is 11.4 Å². The van der Waals surface area contributed by atoms with Crippen LogP contribution in [0.5, 0.6) is 17.2 Å². The third-order valence-corrected chi connectivity index (χ3v) is 5.47. The van der Waals surface area contributed by atoms with Gasteiger partial charge in [0.15, 0.2) is 17.6 Å². The first-order chi connectivity index (χ1) is 15.4. The zero-order chi connectivity index (χ0) is 22.7. The molecule has 0 spiro atoms. The minimum Gasteiger partial charge on any atom is -0.493 e. The van der Waals surface area contributed by atoms with Crippen molar-refractivity contribution in [2.24, 2.45) is 0 Å². The maximum Gasteiger partial charge on any atom is 0.265 e. The highest BCUT2D eigenvalue weighted by Gasteiger charge is 2.24. The Balaban J connectivity index is 1.51. The van der Waals surface area contributed by atoms with Gasteiger partial charge in [0.1, 0.15) is 12.4 Å². The fourth-order valence-electron chi connectivity index (χ4n) is 3.21. The molecular formula is C24H21BrN2O5. The zero-order valence-corrected chi connectivity index (χ0v) is 19.1. The molecule has 0 bridgehead atoms. The Morgan fingerprint density at radius 2 is 1.94 bits per heavy atom. The van der Waals surface area contributed by atoms with E-state index in [1.807, 2.05) is 30.3 Å². The number of methoxy groups -OCH3 is 1. The summed E-state index contributed by atoms with van der Waals surface area (Å²) >= 11 is 3.48. The molecule has 0 aromatic heterocycles. The monoisotopic (exact) mass is 496 g/mol. The molecule has 7 nitrogen and oxygen atoms in total. The van der Waals surface area contributed by atoms with Crippen molar-refractivity contribution >= 4 is 39.1 Å². The van der Waals surface area contributed by atoms with Gasteiger partial charge in [0.05, 0.1) is 17.3 Å². The molecule has 1 aliphatic heterocycles. The van der Waals surface area contributed by atoms with Crippen LogP contribution in [-0.2, 0) is 11.4 Å². The summed E-state index contributed by atoms with van der Waals surface area (Å²) in [6.07, 6.45) is -0.560. The Bertz CT molecular complexity index is 1170. The highest BCUT2D eigenvalue weighted by molar-refractivity contribution is 9.10. The van der Waals surface area contributed by atoms with Crippen molar-refractivity contribution in [1.29, 1.82) is 0 Å². The van der Waals surface area contributed by atoms with Gasteiger partial charge in [0.25, 0.3) is 11.8 Å². The summed E-state index contributed by atoms with van der Waals surface area (Å²) in [5, 5.41) is 5.59. The summed E-state index contributed by atoms with van der Waals surface area (Å²) in [4.78, 5) is 24.7. The van der Waals surface area contributed by atoms with E-state index in [4.69, 9.17) is 14.2 Å². The molecule has 0 radical (unpaired) electrons. The zero-order valence-electron chi connectivity index (χ0n) is 17.5. The van der Waals surface area contributed by atoms with Gasteiger partial charge in [0.2, 0.25) is 0 Å². The normalized spacial score (nSPS) is 14.6. The van der Waals surface area contributed by atoms with Crippen LogP contribution >= 0.6 is 15.9 Å². The third kappa shape index (κ3) is 4.70. The second-order valence-corrected chi connectivity index (χ2v) is 8.03. The van der Waals surface area contributed by atoms with E-state index >= 15 is 0 Å². The van der Waals surface area contributed by atoms with Crippen LogP contribution in [0.1, 0.15) is 22.8 Å². The molecule has 0 saturated heterocycles. The van der Waals surface area contributed by atoms with Crippen molar-refractivity contribution in [3.8, 4) is 17.2 Å². The fourth-order valence-corrected chi connectivity index (χ4v) is 3.77. The molecule has 3 aromatic carbocycles. The predicted octanol–water partition coefficient (Wildman–Crippen LogP) is 5.01. The van der Waals surface area contributed by atoms with E-state index in [0.29, 0.717) is 45.3 Å². The molecule has 2 N–H and O–H groups in total. The molecule has 4 rings (SSSR count). The second kappa shape index (κ2) is 9.32. The minimum atomic E-state index is -0.560. The number of rotatable bonds is 6. The average Bonchev–Trinajstić information content (AvgIpc) is 2.79. The van der Waals surface area contributed by atoms with Gasteiger partial charge < -0.3 is 24.8 Å². The molecule has 32 heavy (non-hydrogen) atoms. The first-order valence-electron chi connectivity index (χ1n) is 9.92. The van der Waals surface area contributed by atoms with Crippen LogP contribution in [0.25, 0.3) is 0 Å². The quantitative estimate of drug-likeness (QED) is 0.500. The maximum absolute atomic E-state index is 12.9. The highest BCUT2D eigenvalue weighted by Crippen LogP contribution is 2.38. The molecule has 2 amide bonds. The lowest BCUT2D eigenvalue weighted by atomic mass is 10.1. The first kappa shape index (κ1) is 21.7. The second-order valence-electron chi connectivity index (χ2n) is 7.18. The highest BCUT2D eigenvalue weighted by atomic mass is 79.9. The van der Waals surface area contributed by atoms with E-state index in [0.717, 1.165) is 5.56 Å². The van der Waals surface area contributed by atoms with E-state index in [9.17, 15) is 9.59 Å². The lowest BCUT2D eigenvalue weighted by molar-refractivity contribution is -0.122. The van der Waals surface area contributed by atoms with E-state index in [-0.39, 0.29) is 11.8 Å². The van der Waals surface area contributed by atoms with Crippen LogP contribution in [-0.4, -0.2) is 25.0 Å². The number of hydrogen-bond acceptors (Lipinski definition) is 5. The molecule has 1 atom stereocenters. The molecule has 0 saturated carbocycles. The first-order valence-corrected chi connectivity index (χ1v) is 10.7. The number of nitrogens with one attached hydrogen (secondary N) is 2. The Morgan fingerprint density at radius 3 is 2.69 bits per heavy atom. The van der Waals surface area contributed by atoms with Crippen LogP contribution in [0.2, 0.25) is 0 Å². The number of carbonyl (C=O) groups excluding carboxylic acids is 2. The standard InChI is InChI=1S/C24H21BrN2O5/c1-14-23(28)27-19-12-17(8-9-20(19)32-14)26-24(29)16-10-18(25)22(21(11-16)30-2)31-13-15-6-4-3-5-7-15/h3-12,14H,13H2,1-2H3,(H,26,29)(H,27,28)/t14-/m0/s1. The number of carbonyl (C=O) groups is 2. The number of amides is 2. The molecule has 0 unspecified atom stereocenters. The van der Waals surface area contributed by atoms with Crippen LogP contribution in [0, 0.1) is 0 Å². The molecular weight excluding hydrogens is 476 g/mol. The maximum atomic E-state index is 12.9. The van der Waals surface area contributed by atoms with Crippen molar-refractivity contribution in [3.05, 3.63) is 76.3 Å². The summed E-state index contributed by atoms with van der Waals surface area (Å²) < 4.78 is 17.5. The molecule has 1 aliphatic rings. The van der Waals surface area contributed by atoms with Gasteiger partial charge in [-0.1, -0.05) is 30.3 Å². The number of hydrogen-bond donors (Lipinski definition) is 2. The molecule has 0 fully saturated rings. The van der Waals surface area contributed by atoms with Gasteiger partial charge in [-0.05, 0) is 58.7 Å². The van der Waals surface area contributed by atoms with Crippen LogP contribution < -0.4 is 24.8 Å². The minimum absolute atomic E-state index is 0.235. The average molecular weight is 497 g/mol. The number of fused-ring (bicyclic) bond motifs is 1. The van der Waals surface area contributed by atoms with E-state index < -0.39 is 6.10 Å². The fraction of sp³-hybridized carbons (Fsp3) is 0.167. The van der Waals surface area contributed by atoms with Crippen molar-refractivity contribution in [2.75, 3.05) is 17.7 Å². The molecule has 1 heterocycles. The number of benzene rings is 3. The molecule has 3 aromatic rings. The largest absolute Gasteiger partial charge is 0.493 e. The van der Waals surface area contributed by atoms with Crippen molar-refractivity contribution in [2.45, 2.75) is 19.6 Å². The van der Waals surface area contributed by atoms with Crippen LogP contribution in [0.3, 0.4) is 0 Å². The van der Waals surface area contributed by atoms with Gasteiger partial charge in [-0.15, -0.1) is 0 Å². The van der Waals surface area contributed by atoms with Crippen molar-refractivity contribution in [1.82, 2.24) is 0 Å². The number of anilines is 2. The van der Waals surface area contributed by atoms with E-state index in [1.54, 1.807) is 37.3 Å². The van der Waals surface area contributed by atoms with Gasteiger partial charge in [-0.2, -0.15) is 0 Å². The SMILES string of the molecule is COc1cc(C(=O)Nc2ccc3c(c2)NC(=O)[C@H](C)O3)cc(Br)c1OCc1ccccc1. The van der Waals surface area contributed by atoms with E-state index in [2.05, 4.69) is 26.6 Å². The predicted molar refractivity (Wildman–Crippen MR) is 125 cm³/mol. The van der Waals surface area contributed by atoms with Gasteiger partial charge in [0, 0.05) is 11.3 Å². The topological polar surface area (TPSA) is 85.9 Å². The summed E-state index contributed by atoms with van der Waals surface area (Å²) in [5.41, 5.74) is 2.43. The van der Waals surface area contributed by atoms with Crippen LogP contribution in [0.15, 0.2) is 65.1 Å². The smallest absolute Gasteiger partial charge is 0.265 e. The summed E-state index contributed by atoms with van der Waals surface area (Å²) in [6.45, 7) is 2.04. The van der Waals surface area contributed by atoms with Gasteiger partial charge in [-0.3, -0.25) is 9.59 Å². The Labute approximate surface area is 193 Å². The molecule has 8 heteroatoms. The summed E-state index contributed by atoms with van der Waals surface area (Å²) in [7, 11) is 1.52. The lowest BCUT2D eigenvalue weighted by Crippen LogP contribution is -2.34. The lowest BCUT2D eigenvalue weighted by Gasteiger charge is -2.23. The van der Waals surface area contributed by atoms with Crippen molar-refractivity contribution in [3.63, 3.8) is 0 Å². The Hall–Kier alpha value is -3.52. The summed E-state index contributed by atoms with van der Waals surface area (Å²) in [6, 6.07) is 18.1. The van der Waals surface area contributed by atoms with Gasteiger partial charge in [-0.25, -0.2) is 0 Å². The number of halogens is 1. The van der Waals surface area contributed by atoms with Gasteiger partial charge >= 0.3 is 0 Å². The summed E-state index contributed by atoms with van der Waals surface area (Å²) in [5.74, 6) is 0.923. The molecule has 164 valence electrons.